The van der Waals surface area contributed by atoms with Crippen LogP contribution in [0.4, 0.5) is 5.82 Å². The maximum absolute atomic E-state index is 11.2. The summed E-state index contributed by atoms with van der Waals surface area (Å²) in [4.78, 5) is 30.7. The van der Waals surface area contributed by atoms with Crippen LogP contribution < -0.4 is 10.5 Å². The van der Waals surface area contributed by atoms with E-state index in [9.17, 15) is 4.57 Å². The normalized spacial score (nSPS) is 11.8. The van der Waals surface area contributed by atoms with E-state index in [-0.39, 0.29) is 6.16 Å². The molecule has 0 saturated carbocycles. The van der Waals surface area contributed by atoms with Gasteiger partial charge in [-0.2, -0.15) is 0 Å². The number of fused-ring (bicyclic) bond motifs is 1. The third-order valence-corrected chi connectivity index (χ3v) is 4.83. The second-order valence-corrected chi connectivity index (χ2v) is 7.85. The van der Waals surface area contributed by atoms with Crippen molar-refractivity contribution in [1.82, 2.24) is 19.5 Å². The Morgan fingerprint density at radius 1 is 1.11 bits per heavy atom. The predicted octanol–water partition coefficient (Wildman–Crippen LogP) is 2.34. The van der Waals surface area contributed by atoms with Crippen molar-refractivity contribution in [3.63, 3.8) is 0 Å². The van der Waals surface area contributed by atoms with E-state index in [1.54, 1.807) is 30.6 Å². The number of aromatic nitrogens is 4. The van der Waals surface area contributed by atoms with Crippen molar-refractivity contribution in [2.45, 2.75) is 32.0 Å². The van der Waals surface area contributed by atoms with Crippen LogP contribution in [0.15, 0.2) is 36.9 Å². The number of nitrogens with zero attached hydrogens (tertiary/aromatic N) is 4. The standard InChI is InChI=1S/C17H22N5O4P/c18-16-15-17(20-11-19-16)22(12-21-15)8-4-1-5-9-26-14-7-3-2-6-13(14)10-27(23,24)25/h2-3,6-7,11-12H,1,4-5,8-10H2,(H2,18,19,20)(H2,23,24,25). The maximum atomic E-state index is 11.2. The van der Waals surface area contributed by atoms with Crippen molar-refractivity contribution in [3.05, 3.63) is 42.5 Å². The first-order chi connectivity index (χ1) is 12.9. The first kappa shape index (κ1) is 19.3. The molecule has 27 heavy (non-hydrogen) atoms. The van der Waals surface area contributed by atoms with Gasteiger partial charge in [0.2, 0.25) is 0 Å². The van der Waals surface area contributed by atoms with Gasteiger partial charge in [-0.05, 0) is 25.3 Å². The number of benzene rings is 1. The van der Waals surface area contributed by atoms with Gasteiger partial charge in [0.15, 0.2) is 11.5 Å². The maximum Gasteiger partial charge on any atom is 0.330 e. The third-order valence-electron chi connectivity index (χ3n) is 4.08. The van der Waals surface area contributed by atoms with Crippen LogP contribution >= 0.6 is 7.60 Å². The van der Waals surface area contributed by atoms with Gasteiger partial charge < -0.3 is 24.8 Å². The number of aryl methyl sites for hydroxylation is 1. The minimum atomic E-state index is -4.12. The van der Waals surface area contributed by atoms with E-state index in [1.165, 1.54) is 6.33 Å². The summed E-state index contributed by atoms with van der Waals surface area (Å²) >= 11 is 0. The number of imidazole rings is 1. The molecule has 0 saturated heterocycles. The van der Waals surface area contributed by atoms with Crippen molar-refractivity contribution in [2.75, 3.05) is 12.3 Å². The molecular weight excluding hydrogens is 369 g/mol. The monoisotopic (exact) mass is 391 g/mol. The molecule has 2 heterocycles. The lowest BCUT2D eigenvalue weighted by Crippen LogP contribution is -2.03. The molecule has 144 valence electrons. The number of anilines is 1. The van der Waals surface area contributed by atoms with E-state index in [0.717, 1.165) is 31.5 Å². The molecule has 0 bridgehead atoms. The van der Waals surface area contributed by atoms with Crippen LogP contribution in [-0.4, -0.2) is 35.9 Å². The van der Waals surface area contributed by atoms with Crippen molar-refractivity contribution in [3.8, 4) is 5.75 Å². The molecule has 9 nitrogen and oxygen atoms in total. The van der Waals surface area contributed by atoms with Crippen molar-refractivity contribution in [2.24, 2.45) is 0 Å². The van der Waals surface area contributed by atoms with Gasteiger partial charge in [0.1, 0.15) is 17.6 Å². The summed E-state index contributed by atoms with van der Waals surface area (Å²) in [5.74, 6) is 0.898. The molecule has 10 heteroatoms. The number of rotatable bonds is 9. The number of para-hydroxylation sites is 1. The lowest BCUT2D eigenvalue weighted by atomic mass is 10.2. The molecular formula is C17H22N5O4P. The zero-order valence-electron chi connectivity index (χ0n) is 14.7. The van der Waals surface area contributed by atoms with Crippen LogP contribution in [0.3, 0.4) is 0 Å². The molecule has 1 aromatic carbocycles. The number of unbranched alkanes of at least 4 members (excludes halogenated alkanes) is 2. The van der Waals surface area contributed by atoms with Crippen LogP contribution in [0, 0.1) is 0 Å². The average Bonchev–Trinajstić information content (AvgIpc) is 3.02. The lowest BCUT2D eigenvalue weighted by molar-refractivity contribution is 0.300. The van der Waals surface area contributed by atoms with Crippen LogP contribution in [0.1, 0.15) is 24.8 Å². The highest BCUT2D eigenvalue weighted by Gasteiger charge is 2.17. The zero-order valence-corrected chi connectivity index (χ0v) is 15.6. The Morgan fingerprint density at radius 3 is 2.74 bits per heavy atom. The van der Waals surface area contributed by atoms with Gasteiger partial charge in [-0.25, -0.2) is 15.0 Å². The Hall–Kier alpha value is -2.48. The molecule has 0 unspecified atom stereocenters. The number of hydrogen-bond acceptors (Lipinski definition) is 6. The Morgan fingerprint density at radius 2 is 1.93 bits per heavy atom. The predicted molar refractivity (Wildman–Crippen MR) is 101 cm³/mol. The molecule has 4 N–H and O–H groups in total. The number of nitrogen functional groups attached to an aromatic ring is 1. The van der Waals surface area contributed by atoms with Crippen LogP contribution in [0.5, 0.6) is 5.75 Å². The van der Waals surface area contributed by atoms with Gasteiger partial charge in [-0.15, -0.1) is 0 Å². The third kappa shape index (κ3) is 5.26. The van der Waals surface area contributed by atoms with E-state index >= 15 is 0 Å². The SMILES string of the molecule is Nc1ncnc2c1ncn2CCCCCOc1ccccc1CP(=O)(O)O. The van der Waals surface area contributed by atoms with Crippen molar-refractivity contribution in [1.29, 1.82) is 0 Å². The van der Waals surface area contributed by atoms with E-state index in [1.807, 2.05) is 4.57 Å². The van der Waals surface area contributed by atoms with Crippen LogP contribution in [0.25, 0.3) is 11.2 Å². The van der Waals surface area contributed by atoms with Gasteiger partial charge in [-0.1, -0.05) is 18.2 Å². The van der Waals surface area contributed by atoms with E-state index < -0.39 is 7.60 Å². The quantitative estimate of drug-likeness (QED) is 0.373. The topological polar surface area (TPSA) is 136 Å². The highest BCUT2D eigenvalue weighted by atomic mass is 31.2. The summed E-state index contributed by atoms with van der Waals surface area (Å²) in [6.07, 6.45) is 5.50. The molecule has 0 aliphatic rings. The first-order valence-electron chi connectivity index (χ1n) is 8.60. The fourth-order valence-electron chi connectivity index (χ4n) is 2.80. The fourth-order valence-corrected chi connectivity index (χ4v) is 3.51. The van der Waals surface area contributed by atoms with Gasteiger partial charge in [0, 0.05) is 12.1 Å². The molecule has 0 atom stereocenters. The minimum absolute atomic E-state index is 0.318. The molecule has 0 aliphatic carbocycles. The van der Waals surface area contributed by atoms with E-state index in [2.05, 4.69) is 15.0 Å². The van der Waals surface area contributed by atoms with Gasteiger partial charge in [0.05, 0.1) is 19.1 Å². The summed E-state index contributed by atoms with van der Waals surface area (Å²) in [5.41, 5.74) is 7.64. The molecule has 0 fully saturated rings. The Labute approximate surface area is 156 Å². The molecule has 0 aliphatic heterocycles. The highest BCUT2D eigenvalue weighted by Crippen LogP contribution is 2.41. The molecule has 0 amide bonds. The van der Waals surface area contributed by atoms with Gasteiger partial charge in [0.25, 0.3) is 0 Å². The zero-order chi connectivity index (χ0) is 19.3. The first-order valence-corrected chi connectivity index (χ1v) is 10.4. The largest absolute Gasteiger partial charge is 0.493 e. The van der Waals surface area contributed by atoms with E-state index in [4.69, 9.17) is 20.3 Å². The number of hydrogen-bond donors (Lipinski definition) is 3. The van der Waals surface area contributed by atoms with Gasteiger partial charge in [-0.3, -0.25) is 4.57 Å². The molecule has 3 aromatic rings. The van der Waals surface area contributed by atoms with Crippen LogP contribution in [-0.2, 0) is 17.3 Å². The lowest BCUT2D eigenvalue weighted by Gasteiger charge is -2.12. The van der Waals surface area contributed by atoms with Gasteiger partial charge >= 0.3 is 7.60 Å². The Bertz CT molecular complexity index is 955. The average molecular weight is 391 g/mol. The Kier molecular flexibility index (Phi) is 6.05. The molecule has 0 radical (unpaired) electrons. The van der Waals surface area contributed by atoms with Crippen molar-refractivity contribution < 1.29 is 19.1 Å². The molecule has 0 spiro atoms. The smallest absolute Gasteiger partial charge is 0.330 e. The fraction of sp³-hybridized carbons (Fsp3) is 0.353. The summed E-state index contributed by atoms with van der Waals surface area (Å²) in [6.45, 7) is 1.25. The summed E-state index contributed by atoms with van der Waals surface area (Å²) < 4.78 is 18.9. The molecule has 2 aromatic heterocycles. The second-order valence-electron chi connectivity index (χ2n) is 6.21. The summed E-state index contributed by atoms with van der Waals surface area (Å²) in [6, 6.07) is 6.93. The number of nitrogens with two attached hydrogens (primary N) is 1. The minimum Gasteiger partial charge on any atom is -0.493 e. The van der Waals surface area contributed by atoms with Crippen molar-refractivity contribution >= 4 is 24.6 Å². The molecule has 3 rings (SSSR count). The Balaban J connectivity index is 1.45. The summed E-state index contributed by atoms with van der Waals surface area (Å²) in [7, 11) is -4.12. The highest BCUT2D eigenvalue weighted by molar-refractivity contribution is 7.50. The second kappa shape index (κ2) is 8.47. The summed E-state index contributed by atoms with van der Waals surface area (Å²) in [5, 5.41) is 0. The van der Waals surface area contributed by atoms with Crippen LogP contribution in [0.2, 0.25) is 0 Å². The van der Waals surface area contributed by atoms with E-state index in [0.29, 0.717) is 29.3 Å². The number of ether oxygens (including phenoxy) is 1.